The Morgan fingerprint density at radius 3 is 2.61 bits per heavy atom. The van der Waals surface area contributed by atoms with E-state index in [-0.39, 0.29) is 0 Å². The molecule has 0 heterocycles. The number of hydrogen-bond acceptors (Lipinski definition) is 2. The molecule has 0 saturated heterocycles. The molecule has 100 valence electrons. The van der Waals surface area contributed by atoms with E-state index in [0.29, 0.717) is 11.2 Å². The minimum Gasteiger partial charge on any atom is -0.310 e. The quantitative estimate of drug-likeness (QED) is 0.758. The van der Waals surface area contributed by atoms with Crippen molar-refractivity contribution in [2.45, 2.75) is 56.3 Å². The molecular formula is C15H22ClNS. The molecule has 1 aromatic carbocycles. The first-order valence-electron chi connectivity index (χ1n) is 6.74. The summed E-state index contributed by atoms with van der Waals surface area (Å²) in [6.45, 7) is 7.68. The summed E-state index contributed by atoms with van der Waals surface area (Å²) in [5, 5.41) is 5.02. The highest BCUT2D eigenvalue weighted by molar-refractivity contribution is 8.00. The fourth-order valence-corrected chi connectivity index (χ4v) is 2.98. The fourth-order valence-electron chi connectivity index (χ4n) is 1.64. The van der Waals surface area contributed by atoms with Gasteiger partial charge in [0.05, 0.1) is 0 Å². The van der Waals surface area contributed by atoms with Gasteiger partial charge in [0.1, 0.15) is 0 Å². The Balaban J connectivity index is 1.95. The van der Waals surface area contributed by atoms with Crippen LogP contribution in [0, 0.1) is 5.92 Å². The minimum absolute atomic E-state index is 0.622. The van der Waals surface area contributed by atoms with Crippen molar-refractivity contribution in [1.29, 1.82) is 0 Å². The summed E-state index contributed by atoms with van der Waals surface area (Å²) in [7, 11) is 0. The lowest BCUT2D eigenvalue weighted by Gasteiger charge is -2.15. The summed E-state index contributed by atoms with van der Waals surface area (Å²) >= 11 is 8.25. The van der Waals surface area contributed by atoms with E-state index in [2.05, 4.69) is 44.3 Å². The van der Waals surface area contributed by atoms with Crippen LogP contribution in [0.1, 0.15) is 39.2 Å². The molecule has 1 aromatic rings. The van der Waals surface area contributed by atoms with Crippen LogP contribution in [-0.4, -0.2) is 11.3 Å². The lowest BCUT2D eigenvalue weighted by molar-refractivity contribution is 0.642. The second kappa shape index (κ2) is 6.31. The van der Waals surface area contributed by atoms with Crippen molar-refractivity contribution in [2.75, 3.05) is 0 Å². The smallest absolute Gasteiger partial charge is 0.0462 e. The van der Waals surface area contributed by atoms with Crippen molar-refractivity contribution in [2.24, 2.45) is 5.92 Å². The van der Waals surface area contributed by atoms with Gasteiger partial charge >= 0.3 is 0 Å². The Labute approximate surface area is 120 Å². The van der Waals surface area contributed by atoms with E-state index in [1.165, 1.54) is 23.3 Å². The molecule has 0 spiro atoms. The first-order valence-corrected chi connectivity index (χ1v) is 8.00. The first kappa shape index (κ1) is 14.2. The van der Waals surface area contributed by atoms with Gasteiger partial charge in [0, 0.05) is 27.8 Å². The van der Waals surface area contributed by atoms with E-state index in [4.69, 9.17) is 11.6 Å². The molecule has 0 bridgehead atoms. The number of rotatable bonds is 6. The largest absolute Gasteiger partial charge is 0.310 e. The molecule has 1 aliphatic rings. The predicted octanol–water partition coefficient (Wildman–Crippen LogP) is 4.73. The molecule has 2 rings (SSSR count). The summed E-state index contributed by atoms with van der Waals surface area (Å²) in [5.74, 6) is 0.685. The Hall–Kier alpha value is -0.180. The van der Waals surface area contributed by atoms with E-state index in [0.717, 1.165) is 17.6 Å². The van der Waals surface area contributed by atoms with Crippen molar-refractivity contribution in [3.63, 3.8) is 0 Å². The SMILES string of the molecule is CC(C)C(C)Sc1ccc(CNC2CC2)c(Cl)c1. The summed E-state index contributed by atoms with van der Waals surface area (Å²) in [6.07, 6.45) is 2.63. The average Bonchev–Trinajstić information content (AvgIpc) is 3.11. The number of thioether (sulfide) groups is 1. The predicted molar refractivity (Wildman–Crippen MR) is 81.5 cm³/mol. The van der Waals surface area contributed by atoms with E-state index in [1.54, 1.807) is 0 Å². The molecule has 0 amide bonds. The van der Waals surface area contributed by atoms with Crippen LogP contribution in [0.25, 0.3) is 0 Å². The van der Waals surface area contributed by atoms with Crippen molar-refractivity contribution in [3.8, 4) is 0 Å². The number of halogens is 1. The van der Waals surface area contributed by atoms with Crippen LogP contribution in [0.5, 0.6) is 0 Å². The van der Waals surface area contributed by atoms with Crippen molar-refractivity contribution >= 4 is 23.4 Å². The molecule has 1 atom stereocenters. The van der Waals surface area contributed by atoms with Crippen molar-refractivity contribution in [3.05, 3.63) is 28.8 Å². The Morgan fingerprint density at radius 1 is 1.33 bits per heavy atom. The van der Waals surface area contributed by atoms with Crippen LogP contribution in [0.2, 0.25) is 5.02 Å². The summed E-state index contributed by atoms with van der Waals surface area (Å²) < 4.78 is 0. The van der Waals surface area contributed by atoms with Crippen LogP contribution >= 0.6 is 23.4 Å². The third-order valence-electron chi connectivity index (χ3n) is 3.44. The van der Waals surface area contributed by atoms with Gasteiger partial charge in [-0.1, -0.05) is 38.4 Å². The van der Waals surface area contributed by atoms with E-state index >= 15 is 0 Å². The van der Waals surface area contributed by atoms with Gasteiger partial charge < -0.3 is 5.32 Å². The average molecular weight is 284 g/mol. The molecule has 0 aromatic heterocycles. The third kappa shape index (κ3) is 4.18. The number of hydrogen-bond donors (Lipinski definition) is 1. The molecular weight excluding hydrogens is 262 g/mol. The summed E-state index contributed by atoms with van der Waals surface area (Å²) in [6, 6.07) is 7.19. The molecule has 0 aliphatic heterocycles. The van der Waals surface area contributed by atoms with Crippen molar-refractivity contribution < 1.29 is 0 Å². The van der Waals surface area contributed by atoms with Gasteiger partial charge in [-0.3, -0.25) is 0 Å². The maximum Gasteiger partial charge on any atom is 0.0462 e. The molecule has 1 N–H and O–H groups in total. The normalized spacial score (nSPS) is 17.2. The highest BCUT2D eigenvalue weighted by atomic mass is 35.5. The maximum absolute atomic E-state index is 6.34. The Morgan fingerprint density at radius 2 is 2.06 bits per heavy atom. The molecule has 18 heavy (non-hydrogen) atoms. The standard InChI is InChI=1S/C15H22ClNS/c1-10(2)11(3)18-14-7-4-12(15(16)8-14)9-17-13-5-6-13/h4,7-8,10-11,13,17H,5-6,9H2,1-3H3. The zero-order valence-corrected chi connectivity index (χ0v) is 12.9. The first-order chi connectivity index (χ1) is 8.56. The fraction of sp³-hybridized carbons (Fsp3) is 0.600. The second-order valence-electron chi connectivity index (χ2n) is 5.48. The lowest BCUT2D eigenvalue weighted by Crippen LogP contribution is -2.15. The van der Waals surface area contributed by atoms with Gasteiger partial charge in [-0.2, -0.15) is 0 Å². The van der Waals surface area contributed by atoms with Crippen LogP contribution < -0.4 is 5.32 Å². The summed E-state index contributed by atoms with van der Waals surface area (Å²) in [5.41, 5.74) is 1.21. The molecule has 1 saturated carbocycles. The summed E-state index contributed by atoms with van der Waals surface area (Å²) in [4.78, 5) is 1.27. The highest BCUT2D eigenvalue weighted by Crippen LogP contribution is 2.31. The maximum atomic E-state index is 6.34. The van der Waals surface area contributed by atoms with Gasteiger partial charge in [0.2, 0.25) is 0 Å². The third-order valence-corrected chi connectivity index (χ3v) is 5.24. The Bertz CT molecular complexity index is 401. The van der Waals surface area contributed by atoms with Gasteiger partial charge in [-0.05, 0) is 36.5 Å². The molecule has 1 nitrogen and oxygen atoms in total. The van der Waals surface area contributed by atoms with Crippen LogP contribution in [-0.2, 0) is 6.54 Å². The zero-order chi connectivity index (χ0) is 13.1. The zero-order valence-electron chi connectivity index (χ0n) is 11.4. The van der Waals surface area contributed by atoms with Gasteiger partial charge in [-0.25, -0.2) is 0 Å². The monoisotopic (exact) mass is 283 g/mol. The lowest BCUT2D eigenvalue weighted by atomic mass is 10.2. The number of benzene rings is 1. The Kier molecular flexibility index (Phi) is 4.99. The molecule has 1 aliphatic carbocycles. The van der Waals surface area contributed by atoms with E-state index in [9.17, 15) is 0 Å². The van der Waals surface area contributed by atoms with Gasteiger partial charge in [-0.15, -0.1) is 11.8 Å². The van der Waals surface area contributed by atoms with Gasteiger partial charge in [0.25, 0.3) is 0 Å². The number of nitrogens with one attached hydrogen (secondary N) is 1. The van der Waals surface area contributed by atoms with E-state index < -0.39 is 0 Å². The van der Waals surface area contributed by atoms with Crippen molar-refractivity contribution in [1.82, 2.24) is 5.32 Å². The minimum atomic E-state index is 0.622. The second-order valence-corrected chi connectivity index (χ2v) is 7.33. The van der Waals surface area contributed by atoms with Crippen LogP contribution in [0.3, 0.4) is 0 Å². The van der Waals surface area contributed by atoms with E-state index in [1.807, 2.05) is 11.8 Å². The van der Waals surface area contributed by atoms with Gasteiger partial charge in [0.15, 0.2) is 0 Å². The molecule has 0 radical (unpaired) electrons. The molecule has 3 heteroatoms. The van der Waals surface area contributed by atoms with Crippen LogP contribution in [0.15, 0.2) is 23.1 Å². The van der Waals surface area contributed by atoms with Crippen LogP contribution in [0.4, 0.5) is 0 Å². The molecule has 1 fully saturated rings. The highest BCUT2D eigenvalue weighted by Gasteiger charge is 2.20. The molecule has 1 unspecified atom stereocenters. The topological polar surface area (TPSA) is 12.0 Å².